The van der Waals surface area contributed by atoms with Crippen LogP contribution in [-0.4, -0.2) is 33.3 Å². The molecule has 4 rings (SSSR count). The first-order chi connectivity index (χ1) is 14.2. The second-order valence-electron chi connectivity index (χ2n) is 7.71. The Kier molecular flexibility index (Phi) is 6.01. The molecule has 4 nitrogen and oxygen atoms in total. The molecule has 0 bridgehead atoms. The van der Waals surface area contributed by atoms with Crippen molar-refractivity contribution in [3.8, 4) is 11.3 Å². The summed E-state index contributed by atoms with van der Waals surface area (Å²) in [5.74, 6) is 0. The molecule has 2 aromatic carbocycles. The zero-order valence-corrected chi connectivity index (χ0v) is 17.3. The van der Waals surface area contributed by atoms with E-state index in [-0.39, 0.29) is 0 Å². The van der Waals surface area contributed by atoms with E-state index in [1.165, 1.54) is 24.0 Å². The second-order valence-corrected chi connectivity index (χ2v) is 7.71. The monoisotopic (exact) mass is 384 g/mol. The third kappa shape index (κ3) is 4.90. The van der Waals surface area contributed by atoms with Crippen molar-refractivity contribution < 1.29 is 0 Å². The molecule has 0 fully saturated rings. The minimum Gasteiger partial charge on any atom is -0.302 e. The van der Waals surface area contributed by atoms with Gasteiger partial charge in [0.05, 0.1) is 12.2 Å². The molecule has 2 heterocycles. The molecule has 4 heteroatoms. The van der Waals surface area contributed by atoms with E-state index in [9.17, 15) is 0 Å². The maximum absolute atomic E-state index is 4.83. The fourth-order valence-corrected chi connectivity index (χ4v) is 3.61. The van der Waals surface area contributed by atoms with Gasteiger partial charge in [0.15, 0.2) is 5.65 Å². The van der Waals surface area contributed by atoms with Crippen molar-refractivity contribution in [1.29, 1.82) is 0 Å². The van der Waals surface area contributed by atoms with Gasteiger partial charge in [0.2, 0.25) is 0 Å². The van der Waals surface area contributed by atoms with Crippen molar-refractivity contribution in [2.45, 2.75) is 32.9 Å². The Morgan fingerprint density at radius 3 is 2.59 bits per heavy atom. The van der Waals surface area contributed by atoms with Crippen molar-refractivity contribution in [3.05, 3.63) is 84.1 Å². The van der Waals surface area contributed by atoms with Crippen LogP contribution < -0.4 is 0 Å². The summed E-state index contributed by atoms with van der Waals surface area (Å²) in [5.41, 5.74) is 5.47. The summed E-state index contributed by atoms with van der Waals surface area (Å²) in [7, 11) is 2.19. The second kappa shape index (κ2) is 9.01. The lowest BCUT2D eigenvalue weighted by Crippen LogP contribution is -2.18. The van der Waals surface area contributed by atoms with E-state index in [0.717, 1.165) is 41.9 Å². The highest BCUT2D eigenvalue weighted by atomic mass is 15.3. The first kappa shape index (κ1) is 19.3. The fraction of sp³-hybridized carbons (Fsp3) is 0.280. The lowest BCUT2D eigenvalue weighted by atomic mass is 10.1. The molecule has 0 aliphatic rings. The number of nitrogens with zero attached hydrogens (tertiary/aromatic N) is 4. The van der Waals surface area contributed by atoms with E-state index in [0.29, 0.717) is 0 Å². The summed E-state index contributed by atoms with van der Waals surface area (Å²) >= 11 is 0. The Morgan fingerprint density at radius 1 is 0.931 bits per heavy atom. The summed E-state index contributed by atoms with van der Waals surface area (Å²) in [6.07, 6.45) is 4.53. The lowest BCUT2D eigenvalue weighted by molar-refractivity contribution is 0.321. The fourth-order valence-electron chi connectivity index (χ4n) is 3.61. The lowest BCUT2D eigenvalue weighted by Gasteiger charge is -2.16. The molecular formula is C25H28N4. The van der Waals surface area contributed by atoms with Crippen molar-refractivity contribution in [1.82, 2.24) is 19.7 Å². The summed E-state index contributed by atoms with van der Waals surface area (Å²) in [5, 5.41) is 5.77. The van der Waals surface area contributed by atoms with Crippen molar-refractivity contribution in [3.63, 3.8) is 0 Å². The number of hydrogen-bond donors (Lipinski definition) is 0. The van der Waals surface area contributed by atoms with Crippen molar-refractivity contribution >= 4 is 11.0 Å². The van der Waals surface area contributed by atoms with Crippen LogP contribution in [0.5, 0.6) is 0 Å². The average Bonchev–Trinajstić information content (AvgIpc) is 3.14. The maximum Gasteiger partial charge on any atom is 0.181 e. The zero-order chi connectivity index (χ0) is 20.1. The standard InChI is InChI=1S/C25H28N4/c1-3-4-15-28(2)17-21-11-8-12-22(16-21)24-14-13-23-19-29(27-25(23)26-24)18-20-9-6-5-7-10-20/h5-14,16,19H,3-4,15,17-18H2,1-2H3. The van der Waals surface area contributed by atoms with Gasteiger partial charge in [-0.05, 0) is 49.3 Å². The van der Waals surface area contributed by atoms with Crippen LogP contribution in [0.2, 0.25) is 0 Å². The Morgan fingerprint density at radius 2 is 1.76 bits per heavy atom. The SMILES string of the molecule is CCCCN(C)Cc1cccc(-c2ccc3cn(Cc4ccccc4)nc3n2)c1. The van der Waals surface area contributed by atoms with Crippen LogP contribution in [0.4, 0.5) is 0 Å². The van der Waals surface area contributed by atoms with Gasteiger partial charge in [0.25, 0.3) is 0 Å². The van der Waals surface area contributed by atoms with Gasteiger partial charge in [0.1, 0.15) is 0 Å². The Bertz CT molecular complexity index is 1070. The zero-order valence-electron chi connectivity index (χ0n) is 17.3. The predicted octanol–water partition coefficient (Wildman–Crippen LogP) is 5.38. The number of benzene rings is 2. The van der Waals surface area contributed by atoms with Crippen molar-refractivity contribution in [2.24, 2.45) is 0 Å². The Hall–Kier alpha value is -2.98. The van der Waals surface area contributed by atoms with E-state index in [2.05, 4.69) is 85.7 Å². The van der Waals surface area contributed by atoms with Gasteiger partial charge in [-0.15, -0.1) is 0 Å². The molecular weight excluding hydrogens is 356 g/mol. The van der Waals surface area contributed by atoms with E-state index in [4.69, 9.17) is 10.1 Å². The van der Waals surface area contributed by atoms with Crippen LogP contribution in [0.1, 0.15) is 30.9 Å². The average molecular weight is 385 g/mol. The molecule has 0 aliphatic carbocycles. The molecule has 29 heavy (non-hydrogen) atoms. The van der Waals surface area contributed by atoms with Crippen LogP contribution in [-0.2, 0) is 13.1 Å². The van der Waals surface area contributed by atoms with Gasteiger partial charge in [-0.2, -0.15) is 5.10 Å². The number of aromatic nitrogens is 3. The number of rotatable bonds is 8. The first-order valence-electron chi connectivity index (χ1n) is 10.4. The molecule has 0 amide bonds. The number of pyridine rings is 1. The topological polar surface area (TPSA) is 34.0 Å². The number of unbranched alkanes of at least 4 members (excludes halogenated alkanes) is 1. The molecule has 0 N–H and O–H groups in total. The summed E-state index contributed by atoms with van der Waals surface area (Å²) < 4.78 is 1.97. The third-order valence-corrected chi connectivity index (χ3v) is 5.17. The number of fused-ring (bicyclic) bond motifs is 1. The van der Waals surface area contributed by atoms with E-state index in [1.807, 2.05) is 10.7 Å². The molecule has 0 aliphatic heterocycles. The highest BCUT2D eigenvalue weighted by Gasteiger charge is 2.08. The van der Waals surface area contributed by atoms with Gasteiger partial charge in [-0.25, -0.2) is 4.98 Å². The molecule has 0 unspecified atom stereocenters. The van der Waals surface area contributed by atoms with Gasteiger partial charge in [-0.1, -0.05) is 61.9 Å². The smallest absolute Gasteiger partial charge is 0.181 e. The Labute approximate surface area is 172 Å². The van der Waals surface area contributed by atoms with Crippen molar-refractivity contribution in [2.75, 3.05) is 13.6 Å². The molecule has 4 aromatic rings. The first-order valence-corrected chi connectivity index (χ1v) is 10.4. The molecule has 0 spiro atoms. The summed E-state index contributed by atoms with van der Waals surface area (Å²) in [4.78, 5) is 7.21. The van der Waals surface area contributed by atoms with Crippen LogP contribution in [0, 0.1) is 0 Å². The minimum atomic E-state index is 0.756. The summed E-state index contributed by atoms with van der Waals surface area (Å²) in [6.45, 7) is 5.08. The molecule has 0 saturated carbocycles. The van der Waals surface area contributed by atoms with Crippen LogP contribution >= 0.6 is 0 Å². The molecule has 0 radical (unpaired) electrons. The highest BCUT2D eigenvalue weighted by molar-refractivity contribution is 5.77. The normalized spacial score (nSPS) is 11.4. The predicted molar refractivity (Wildman–Crippen MR) is 120 cm³/mol. The van der Waals surface area contributed by atoms with Gasteiger partial charge < -0.3 is 4.90 Å². The summed E-state index contributed by atoms with van der Waals surface area (Å²) in [6, 6.07) is 23.3. The van der Waals surface area contributed by atoms with Crippen LogP contribution in [0.25, 0.3) is 22.3 Å². The van der Waals surface area contributed by atoms with Crippen LogP contribution in [0.3, 0.4) is 0 Å². The molecule has 148 valence electrons. The van der Waals surface area contributed by atoms with Gasteiger partial charge in [0, 0.05) is 23.7 Å². The van der Waals surface area contributed by atoms with E-state index in [1.54, 1.807) is 0 Å². The van der Waals surface area contributed by atoms with E-state index < -0.39 is 0 Å². The van der Waals surface area contributed by atoms with Gasteiger partial charge >= 0.3 is 0 Å². The Balaban J connectivity index is 1.54. The minimum absolute atomic E-state index is 0.756. The quantitative estimate of drug-likeness (QED) is 0.409. The third-order valence-electron chi connectivity index (χ3n) is 5.17. The molecule has 0 atom stereocenters. The number of hydrogen-bond acceptors (Lipinski definition) is 3. The van der Waals surface area contributed by atoms with E-state index >= 15 is 0 Å². The maximum atomic E-state index is 4.83. The van der Waals surface area contributed by atoms with Crippen LogP contribution in [0.15, 0.2) is 72.9 Å². The molecule has 2 aromatic heterocycles. The van der Waals surface area contributed by atoms with Gasteiger partial charge in [-0.3, -0.25) is 4.68 Å². The molecule has 0 saturated heterocycles. The largest absolute Gasteiger partial charge is 0.302 e. The highest BCUT2D eigenvalue weighted by Crippen LogP contribution is 2.22.